The van der Waals surface area contributed by atoms with E-state index in [9.17, 15) is 10.1 Å². The van der Waals surface area contributed by atoms with Gasteiger partial charge in [-0.3, -0.25) is 10.1 Å². The Hall–Kier alpha value is -1.58. The number of benzene rings is 1. The Labute approximate surface area is 102 Å². The molecule has 4 heteroatoms. The van der Waals surface area contributed by atoms with Crippen LogP contribution in [-0.4, -0.2) is 11.0 Å². The van der Waals surface area contributed by atoms with Gasteiger partial charge in [0.1, 0.15) is 0 Å². The quantitative estimate of drug-likeness (QED) is 0.642. The Morgan fingerprint density at radius 1 is 1.35 bits per heavy atom. The summed E-state index contributed by atoms with van der Waals surface area (Å²) in [5, 5.41) is 14.0. The highest BCUT2D eigenvalue weighted by Crippen LogP contribution is 2.26. The van der Waals surface area contributed by atoms with Crippen molar-refractivity contribution in [1.29, 1.82) is 0 Å². The second-order valence-electron chi connectivity index (χ2n) is 5.49. The molecule has 0 saturated carbocycles. The van der Waals surface area contributed by atoms with E-state index < -0.39 is 0 Å². The van der Waals surface area contributed by atoms with E-state index in [-0.39, 0.29) is 16.0 Å². The zero-order valence-electron chi connectivity index (χ0n) is 11.1. The molecule has 17 heavy (non-hydrogen) atoms. The average Bonchev–Trinajstić information content (AvgIpc) is 2.19. The molecule has 0 radical (unpaired) electrons. The second-order valence-corrected chi connectivity index (χ2v) is 5.49. The molecule has 0 spiro atoms. The lowest BCUT2D eigenvalue weighted by molar-refractivity contribution is -0.384. The molecule has 0 bridgehead atoms. The maximum Gasteiger partial charge on any atom is 0.269 e. The summed E-state index contributed by atoms with van der Waals surface area (Å²) in [7, 11) is 0. The number of non-ortho nitro benzene ring substituents is 1. The standard InChI is InChI=1S/C13H20N2O2/c1-9-8-11(15(16)17)6-7-12(9)14-10(2)13(3,4)5/h6-8,10,14H,1-5H3. The van der Waals surface area contributed by atoms with Crippen LogP contribution in [0.15, 0.2) is 18.2 Å². The molecule has 94 valence electrons. The highest BCUT2D eigenvalue weighted by atomic mass is 16.6. The van der Waals surface area contributed by atoms with Gasteiger partial charge in [-0.15, -0.1) is 0 Å². The number of nitro benzene ring substituents is 1. The third kappa shape index (κ3) is 3.44. The van der Waals surface area contributed by atoms with E-state index in [4.69, 9.17) is 0 Å². The van der Waals surface area contributed by atoms with E-state index in [1.807, 2.05) is 6.92 Å². The van der Waals surface area contributed by atoms with Gasteiger partial charge in [-0.05, 0) is 30.9 Å². The first-order chi connectivity index (χ1) is 7.71. The summed E-state index contributed by atoms with van der Waals surface area (Å²) >= 11 is 0. The molecule has 0 saturated heterocycles. The zero-order chi connectivity index (χ0) is 13.2. The van der Waals surface area contributed by atoms with Crippen molar-refractivity contribution >= 4 is 11.4 Å². The van der Waals surface area contributed by atoms with Crippen LogP contribution in [-0.2, 0) is 0 Å². The molecular weight excluding hydrogens is 216 g/mol. The van der Waals surface area contributed by atoms with Crippen LogP contribution in [0.25, 0.3) is 0 Å². The number of nitrogens with one attached hydrogen (secondary N) is 1. The molecular formula is C13H20N2O2. The van der Waals surface area contributed by atoms with Gasteiger partial charge in [0.05, 0.1) is 4.92 Å². The van der Waals surface area contributed by atoms with E-state index >= 15 is 0 Å². The molecule has 0 amide bonds. The molecule has 4 nitrogen and oxygen atoms in total. The van der Waals surface area contributed by atoms with Crippen molar-refractivity contribution in [3.8, 4) is 0 Å². The Balaban J connectivity index is 2.90. The van der Waals surface area contributed by atoms with E-state index in [1.54, 1.807) is 12.1 Å². The molecule has 1 rings (SSSR count). The van der Waals surface area contributed by atoms with Crippen molar-refractivity contribution in [3.63, 3.8) is 0 Å². The van der Waals surface area contributed by atoms with Crippen LogP contribution in [0.3, 0.4) is 0 Å². The highest BCUT2D eigenvalue weighted by Gasteiger charge is 2.20. The fourth-order valence-electron chi connectivity index (χ4n) is 1.37. The van der Waals surface area contributed by atoms with E-state index in [1.165, 1.54) is 6.07 Å². The van der Waals surface area contributed by atoms with Crippen LogP contribution >= 0.6 is 0 Å². The number of aryl methyl sites for hydroxylation is 1. The largest absolute Gasteiger partial charge is 0.382 e. The molecule has 1 unspecified atom stereocenters. The highest BCUT2D eigenvalue weighted by molar-refractivity contribution is 5.56. The SMILES string of the molecule is Cc1cc([N+](=O)[O-])ccc1NC(C)C(C)(C)C. The van der Waals surface area contributed by atoms with Gasteiger partial charge in [-0.25, -0.2) is 0 Å². The van der Waals surface area contributed by atoms with E-state index in [0.29, 0.717) is 6.04 Å². The number of nitro groups is 1. The van der Waals surface area contributed by atoms with Crippen molar-refractivity contribution in [2.75, 3.05) is 5.32 Å². The van der Waals surface area contributed by atoms with Crippen molar-refractivity contribution in [1.82, 2.24) is 0 Å². The molecule has 1 aromatic carbocycles. The minimum atomic E-state index is -0.371. The summed E-state index contributed by atoms with van der Waals surface area (Å²) in [4.78, 5) is 10.3. The summed E-state index contributed by atoms with van der Waals surface area (Å²) in [5.41, 5.74) is 2.14. The van der Waals surface area contributed by atoms with Gasteiger partial charge >= 0.3 is 0 Å². The molecule has 0 heterocycles. The van der Waals surface area contributed by atoms with Crippen LogP contribution in [0.4, 0.5) is 11.4 Å². The second kappa shape index (κ2) is 4.73. The molecule has 1 aromatic rings. The predicted molar refractivity (Wildman–Crippen MR) is 70.4 cm³/mol. The summed E-state index contributed by atoms with van der Waals surface area (Å²) < 4.78 is 0. The van der Waals surface area contributed by atoms with E-state index in [2.05, 4.69) is 33.0 Å². The summed E-state index contributed by atoms with van der Waals surface area (Å²) in [6.07, 6.45) is 0. The molecule has 1 atom stereocenters. The average molecular weight is 236 g/mol. The number of rotatable bonds is 3. The number of hydrogen-bond acceptors (Lipinski definition) is 3. The van der Waals surface area contributed by atoms with Gasteiger partial charge < -0.3 is 5.32 Å². The first-order valence-electron chi connectivity index (χ1n) is 5.73. The van der Waals surface area contributed by atoms with Crippen LogP contribution < -0.4 is 5.32 Å². The number of nitrogens with zero attached hydrogens (tertiary/aromatic N) is 1. The van der Waals surface area contributed by atoms with Gasteiger partial charge in [-0.1, -0.05) is 20.8 Å². The predicted octanol–water partition coefficient (Wildman–Crippen LogP) is 3.75. The lowest BCUT2D eigenvalue weighted by Crippen LogP contribution is -2.31. The van der Waals surface area contributed by atoms with Crippen molar-refractivity contribution < 1.29 is 4.92 Å². The molecule has 1 N–H and O–H groups in total. The van der Waals surface area contributed by atoms with Crippen LogP contribution in [0, 0.1) is 22.5 Å². The van der Waals surface area contributed by atoms with Crippen molar-refractivity contribution in [3.05, 3.63) is 33.9 Å². The summed E-state index contributed by atoms with van der Waals surface area (Å²) in [6.45, 7) is 10.5. The zero-order valence-corrected chi connectivity index (χ0v) is 11.1. The summed E-state index contributed by atoms with van der Waals surface area (Å²) in [5.74, 6) is 0. The third-order valence-electron chi connectivity index (χ3n) is 3.09. The maximum atomic E-state index is 10.6. The third-order valence-corrected chi connectivity index (χ3v) is 3.09. The monoisotopic (exact) mass is 236 g/mol. The van der Waals surface area contributed by atoms with Crippen molar-refractivity contribution in [2.24, 2.45) is 5.41 Å². The van der Waals surface area contributed by atoms with Gasteiger partial charge in [-0.2, -0.15) is 0 Å². The Morgan fingerprint density at radius 3 is 2.35 bits per heavy atom. The van der Waals surface area contributed by atoms with Gasteiger partial charge in [0.2, 0.25) is 0 Å². The van der Waals surface area contributed by atoms with Crippen molar-refractivity contribution in [2.45, 2.75) is 40.7 Å². The number of hydrogen-bond donors (Lipinski definition) is 1. The van der Waals surface area contributed by atoms with Gasteiger partial charge in [0.15, 0.2) is 0 Å². The van der Waals surface area contributed by atoms with E-state index in [0.717, 1.165) is 11.3 Å². The maximum absolute atomic E-state index is 10.6. The first kappa shape index (κ1) is 13.5. The Morgan fingerprint density at radius 2 is 1.94 bits per heavy atom. The molecule has 0 aliphatic heterocycles. The first-order valence-corrected chi connectivity index (χ1v) is 5.73. The topological polar surface area (TPSA) is 55.2 Å². The lowest BCUT2D eigenvalue weighted by Gasteiger charge is -2.29. The lowest BCUT2D eigenvalue weighted by atomic mass is 9.88. The Bertz CT molecular complexity index is 422. The molecule has 0 aromatic heterocycles. The molecule has 0 fully saturated rings. The van der Waals surface area contributed by atoms with Gasteiger partial charge in [0.25, 0.3) is 5.69 Å². The van der Waals surface area contributed by atoms with Crippen LogP contribution in [0.5, 0.6) is 0 Å². The van der Waals surface area contributed by atoms with Crippen LogP contribution in [0.1, 0.15) is 33.3 Å². The fraction of sp³-hybridized carbons (Fsp3) is 0.538. The minimum Gasteiger partial charge on any atom is -0.382 e. The molecule has 0 aliphatic rings. The Kier molecular flexibility index (Phi) is 3.76. The smallest absolute Gasteiger partial charge is 0.269 e. The fourth-order valence-corrected chi connectivity index (χ4v) is 1.37. The molecule has 0 aliphatic carbocycles. The minimum absolute atomic E-state index is 0.136. The van der Waals surface area contributed by atoms with Crippen LogP contribution in [0.2, 0.25) is 0 Å². The van der Waals surface area contributed by atoms with Gasteiger partial charge in [0, 0.05) is 23.9 Å². The summed E-state index contributed by atoms with van der Waals surface area (Å²) in [6, 6.07) is 5.20. The normalized spacial score (nSPS) is 13.2. The number of anilines is 1.